The highest BCUT2D eigenvalue weighted by Gasteiger charge is 2.10. The van der Waals surface area contributed by atoms with Gasteiger partial charge in [0.1, 0.15) is 5.75 Å². The number of rotatable bonds is 3. The Hall–Kier alpha value is -0.250. The van der Waals surface area contributed by atoms with Crippen LogP contribution in [0.3, 0.4) is 0 Å². The van der Waals surface area contributed by atoms with E-state index in [0.29, 0.717) is 0 Å². The molecule has 1 aromatic rings. The first-order valence-electron chi connectivity index (χ1n) is 3.76. The molecule has 0 heterocycles. The van der Waals surface area contributed by atoms with Crippen molar-refractivity contribution in [1.82, 2.24) is 0 Å². The van der Waals surface area contributed by atoms with E-state index in [1.807, 2.05) is 0 Å². The van der Waals surface area contributed by atoms with Crippen LogP contribution >= 0.6 is 27.5 Å². The highest BCUT2D eigenvalue weighted by molar-refractivity contribution is 9.10. The van der Waals surface area contributed by atoms with Crippen LogP contribution in [0.25, 0.3) is 0 Å². The van der Waals surface area contributed by atoms with Crippen LogP contribution in [0.4, 0.5) is 0 Å². The molecule has 0 amide bonds. The van der Waals surface area contributed by atoms with E-state index in [0.717, 1.165) is 15.8 Å². The Bertz CT molecular complexity index is 291. The summed E-state index contributed by atoms with van der Waals surface area (Å²) in [7, 11) is 1.60. The van der Waals surface area contributed by atoms with Gasteiger partial charge in [-0.1, -0.05) is 22.0 Å². The molecule has 4 heteroatoms. The van der Waals surface area contributed by atoms with Crippen molar-refractivity contribution in [3.63, 3.8) is 0 Å². The third-order valence-corrected chi connectivity index (χ3v) is 2.69. The average Bonchev–Trinajstić information content (AvgIpc) is 2.16. The van der Waals surface area contributed by atoms with E-state index in [9.17, 15) is 5.11 Å². The molecular weight excluding hydrogens is 255 g/mol. The van der Waals surface area contributed by atoms with Crippen LogP contribution in [0.1, 0.15) is 11.7 Å². The maximum Gasteiger partial charge on any atom is 0.120 e. The van der Waals surface area contributed by atoms with Crippen molar-refractivity contribution in [1.29, 1.82) is 0 Å². The number of hydrogen-bond acceptors (Lipinski definition) is 2. The summed E-state index contributed by atoms with van der Waals surface area (Å²) in [5.74, 6) is 0.933. The van der Waals surface area contributed by atoms with Gasteiger partial charge in [0.05, 0.1) is 19.1 Å². The number of methoxy groups -OCH3 is 1. The third kappa shape index (κ3) is 2.59. The van der Waals surface area contributed by atoms with E-state index < -0.39 is 6.10 Å². The maximum atomic E-state index is 9.47. The van der Waals surface area contributed by atoms with Gasteiger partial charge in [0.25, 0.3) is 0 Å². The molecule has 0 aromatic heterocycles. The van der Waals surface area contributed by atoms with Crippen molar-refractivity contribution in [3.05, 3.63) is 28.2 Å². The first-order valence-corrected chi connectivity index (χ1v) is 5.09. The molecule has 0 aliphatic carbocycles. The molecule has 0 bridgehead atoms. The van der Waals surface area contributed by atoms with Crippen LogP contribution in [0.15, 0.2) is 22.7 Å². The molecule has 1 unspecified atom stereocenters. The fraction of sp³-hybridized carbons (Fsp3) is 0.333. The highest BCUT2D eigenvalue weighted by atomic mass is 79.9. The number of aliphatic hydroxyl groups is 1. The molecule has 0 fully saturated rings. The predicted octanol–water partition coefficient (Wildman–Crippen LogP) is 2.73. The van der Waals surface area contributed by atoms with E-state index >= 15 is 0 Å². The number of ether oxygens (including phenoxy) is 1. The zero-order chi connectivity index (χ0) is 9.84. The molecular formula is C9H10BrClO2. The van der Waals surface area contributed by atoms with E-state index in [1.165, 1.54) is 0 Å². The molecule has 0 aliphatic heterocycles. The lowest BCUT2D eigenvalue weighted by Crippen LogP contribution is -1.99. The van der Waals surface area contributed by atoms with Crippen molar-refractivity contribution in [2.45, 2.75) is 6.10 Å². The zero-order valence-electron chi connectivity index (χ0n) is 7.13. The molecule has 1 rings (SSSR count). The van der Waals surface area contributed by atoms with Gasteiger partial charge in [-0.2, -0.15) is 0 Å². The van der Waals surface area contributed by atoms with E-state index in [1.54, 1.807) is 25.3 Å². The smallest absolute Gasteiger partial charge is 0.120 e. The fourth-order valence-corrected chi connectivity index (χ4v) is 1.78. The Morgan fingerprint density at radius 3 is 2.77 bits per heavy atom. The standard InChI is InChI=1S/C9H10BrClO2/c1-13-6-2-3-7(8(10)4-6)9(12)5-11/h2-4,9,12H,5H2,1H3. The molecule has 72 valence electrons. The summed E-state index contributed by atoms with van der Waals surface area (Å²) in [6, 6.07) is 5.37. The van der Waals surface area contributed by atoms with Crippen LogP contribution in [-0.4, -0.2) is 18.1 Å². The highest BCUT2D eigenvalue weighted by Crippen LogP contribution is 2.28. The van der Waals surface area contributed by atoms with Crippen molar-refractivity contribution < 1.29 is 9.84 Å². The van der Waals surface area contributed by atoms with Gasteiger partial charge in [0.2, 0.25) is 0 Å². The Balaban J connectivity index is 2.98. The summed E-state index contributed by atoms with van der Waals surface area (Å²) >= 11 is 8.86. The quantitative estimate of drug-likeness (QED) is 0.852. The Labute approximate surface area is 90.6 Å². The topological polar surface area (TPSA) is 29.5 Å². The van der Waals surface area contributed by atoms with Gasteiger partial charge in [-0.05, 0) is 17.7 Å². The summed E-state index contributed by atoms with van der Waals surface area (Å²) in [5.41, 5.74) is 0.774. The van der Waals surface area contributed by atoms with E-state index in [2.05, 4.69) is 15.9 Å². The van der Waals surface area contributed by atoms with Gasteiger partial charge in [0, 0.05) is 4.47 Å². The molecule has 1 atom stereocenters. The van der Waals surface area contributed by atoms with Gasteiger partial charge < -0.3 is 9.84 Å². The zero-order valence-corrected chi connectivity index (χ0v) is 9.47. The summed E-state index contributed by atoms with van der Waals surface area (Å²) in [6.45, 7) is 0. The lowest BCUT2D eigenvalue weighted by molar-refractivity contribution is 0.202. The SMILES string of the molecule is COc1ccc(C(O)CCl)c(Br)c1. The maximum absolute atomic E-state index is 9.47. The van der Waals surface area contributed by atoms with Crippen molar-refractivity contribution in [3.8, 4) is 5.75 Å². The summed E-state index contributed by atoms with van der Waals surface area (Å²) in [5, 5.41) is 9.47. The molecule has 0 saturated heterocycles. The molecule has 1 N–H and O–H groups in total. The number of benzene rings is 1. The molecule has 0 aliphatic rings. The number of aliphatic hydroxyl groups excluding tert-OH is 1. The van der Waals surface area contributed by atoms with Crippen LogP contribution in [0.5, 0.6) is 5.75 Å². The summed E-state index contributed by atoms with van der Waals surface area (Å²) < 4.78 is 5.82. The van der Waals surface area contributed by atoms with Crippen molar-refractivity contribution in [2.75, 3.05) is 13.0 Å². The normalized spacial score (nSPS) is 12.6. The molecule has 0 saturated carbocycles. The number of alkyl halides is 1. The molecule has 2 nitrogen and oxygen atoms in total. The molecule has 0 radical (unpaired) electrons. The van der Waals surface area contributed by atoms with Gasteiger partial charge in [-0.15, -0.1) is 11.6 Å². The monoisotopic (exact) mass is 264 g/mol. The van der Waals surface area contributed by atoms with Crippen LogP contribution in [-0.2, 0) is 0 Å². The van der Waals surface area contributed by atoms with Gasteiger partial charge in [-0.3, -0.25) is 0 Å². The van der Waals surface area contributed by atoms with Crippen molar-refractivity contribution in [2.24, 2.45) is 0 Å². The second-order valence-corrected chi connectivity index (χ2v) is 3.72. The average molecular weight is 266 g/mol. The van der Waals surface area contributed by atoms with Gasteiger partial charge >= 0.3 is 0 Å². The van der Waals surface area contributed by atoms with Gasteiger partial charge in [-0.25, -0.2) is 0 Å². The van der Waals surface area contributed by atoms with Crippen LogP contribution in [0, 0.1) is 0 Å². The first kappa shape index (κ1) is 10.8. The minimum absolute atomic E-state index is 0.185. The van der Waals surface area contributed by atoms with E-state index in [4.69, 9.17) is 16.3 Å². The molecule has 1 aromatic carbocycles. The number of hydrogen-bond donors (Lipinski definition) is 1. The number of halogens is 2. The predicted molar refractivity (Wildman–Crippen MR) is 56.4 cm³/mol. The Morgan fingerprint density at radius 1 is 1.62 bits per heavy atom. The van der Waals surface area contributed by atoms with Crippen LogP contribution in [0.2, 0.25) is 0 Å². The fourth-order valence-electron chi connectivity index (χ4n) is 0.988. The minimum atomic E-state index is -0.637. The van der Waals surface area contributed by atoms with Gasteiger partial charge in [0.15, 0.2) is 0 Å². The molecule has 13 heavy (non-hydrogen) atoms. The van der Waals surface area contributed by atoms with E-state index in [-0.39, 0.29) is 5.88 Å². The second kappa shape index (κ2) is 4.84. The third-order valence-electron chi connectivity index (χ3n) is 1.71. The van der Waals surface area contributed by atoms with Crippen molar-refractivity contribution >= 4 is 27.5 Å². The Kier molecular flexibility index (Phi) is 4.03. The largest absolute Gasteiger partial charge is 0.497 e. The lowest BCUT2D eigenvalue weighted by Gasteiger charge is -2.10. The van der Waals surface area contributed by atoms with Crippen LogP contribution < -0.4 is 4.74 Å². The molecule has 0 spiro atoms. The Morgan fingerprint density at radius 2 is 2.31 bits per heavy atom. The summed E-state index contributed by atoms with van der Waals surface area (Å²) in [4.78, 5) is 0. The minimum Gasteiger partial charge on any atom is -0.497 e. The first-order chi connectivity index (χ1) is 6.19. The summed E-state index contributed by atoms with van der Waals surface area (Å²) in [6.07, 6.45) is -0.637. The second-order valence-electron chi connectivity index (χ2n) is 2.56. The lowest BCUT2D eigenvalue weighted by atomic mass is 10.1.